The summed E-state index contributed by atoms with van der Waals surface area (Å²) in [5, 5.41) is 19.7. The molecule has 0 unspecified atom stereocenters. The van der Waals surface area contributed by atoms with Gasteiger partial charge >= 0.3 is 5.97 Å². The van der Waals surface area contributed by atoms with Crippen molar-refractivity contribution in [3.63, 3.8) is 0 Å². The number of aliphatic carboxylic acids is 1. The molecule has 4 nitrogen and oxygen atoms in total. The van der Waals surface area contributed by atoms with Crippen molar-refractivity contribution in [2.24, 2.45) is 5.16 Å². The Kier molecular flexibility index (Phi) is 2.06. The molecule has 0 aromatic rings. The van der Waals surface area contributed by atoms with Gasteiger partial charge in [0.25, 0.3) is 0 Å². The first-order valence-electron chi connectivity index (χ1n) is 3.06. The Hall–Kier alpha value is -1.58. The second kappa shape index (κ2) is 3.01. The van der Waals surface area contributed by atoms with Crippen LogP contribution in [0.1, 0.15) is 6.42 Å². The Labute approximate surface area is 63.1 Å². The minimum atomic E-state index is -0.960. The molecule has 58 valence electrons. The third kappa shape index (κ3) is 1.67. The second-order valence-electron chi connectivity index (χ2n) is 2.09. The third-order valence-corrected chi connectivity index (χ3v) is 1.36. The smallest absolute Gasteiger partial charge is 0.335 e. The first-order valence-corrected chi connectivity index (χ1v) is 3.06. The van der Waals surface area contributed by atoms with Gasteiger partial charge in [-0.05, 0) is 12.2 Å². The lowest BCUT2D eigenvalue weighted by Crippen LogP contribution is -2.04. The largest absolute Gasteiger partial charge is 0.478 e. The lowest BCUT2D eigenvalue weighted by atomic mass is 10.1. The molecule has 0 aromatic heterocycles. The van der Waals surface area contributed by atoms with Crippen molar-refractivity contribution in [2.75, 3.05) is 0 Å². The maximum Gasteiger partial charge on any atom is 0.335 e. The number of hydrogen-bond acceptors (Lipinski definition) is 3. The molecule has 0 fully saturated rings. The molecule has 0 aromatic carbocycles. The SMILES string of the molecule is O=C(O)C1=CCC(=NO)C=C1. The molecule has 0 spiro atoms. The quantitative estimate of drug-likeness (QED) is 0.432. The number of oxime groups is 1. The summed E-state index contributed by atoms with van der Waals surface area (Å²) in [5.74, 6) is -0.960. The fourth-order valence-electron chi connectivity index (χ4n) is 0.769. The van der Waals surface area contributed by atoms with Crippen molar-refractivity contribution >= 4 is 11.7 Å². The van der Waals surface area contributed by atoms with E-state index in [1.165, 1.54) is 18.2 Å². The molecule has 1 aliphatic rings. The number of carbonyl (C=O) groups is 1. The molecule has 0 aliphatic heterocycles. The molecule has 11 heavy (non-hydrogen) atoms. The van der Waals surface area contributed by atoms with Gasteiger partial charge in [0.1, 0.15) is 0 Å². The second-order valence-corrected chi connectivity index (χ2v) is 2.09. The van der Waals surface area contributed by atoms with Crippen molar-refractivity contribution in [2.45, 2.75) is 6.42 Å². The highest BCUT2D eigenvalue weighted by Gasteiger charge is 2.07. The summed E-state index contributed by atoms with van der Waals surface area (Å²) in [6.07, 6.45) is 4.75. The summed E-state index contributed by atoms with van der Waals surface area (Å²) in [6.45, 7) is 0. The highest BCUT2D eigenvalue weighted by molar-refractivity contribution is 6.02. The highest BCUT2D eigenvalue weighted by Crippen LogP contribution is 2.07. The van der Waals surface area contributed by atoms with Gasteiger partial charge in [-0.3, -0.25) is 0 Å². The fourth-order valence-corrected chi connectivity index (χ4v) is 0.769. The Morgan fingerprint density at radius 2 is 2.27 bits per heavy atom. The summed E-state index contributed by atoms with van der Waals surface area (Å²) in [6, 6.07) is 0. The molecule has 0 saturated carbocycles. The fraction of sp³-hybridized carbons (Fsp3) is 0.143. The summed E-state index contributed by atoms with van der Waals surface area (Å²) in [4.78, 5) is 10.3. The summed E-state index contributed by atoms with van der Waals surface area (Å²) >= 11 is 0. The average molecular weight is 153 g/mol. The molecule has 1 aliphatic carbocycles. The lowest BCUT2D eigenvalue weighted by Gasteiger charge is -2.01. The van der Waals surface area contributed by atoms with Crippen LogP contribution in [-0.2, 0) is 4.79 Å². The van der Waals surface area contributed by atoms with Gasteiger partial charge in [0, 0.05) is 6.42 Å². The number of allylic oxidation sites excluding steroid dienone is 2. The van der Waals surface area contributed by atoms with E-state index >= 15 is 0 Å². The van der Waals surface area contributed by atoms with Crippen LogP contribution < -0.4 is 0 Å². The molecular weight excluding hydrogens is 146 g/mol. The molecule has 0 saturated heterocycles. The van der Waals surface area contributed by atoms with E-state index in [9.17, 15) is 4.79 Å². The molecule has 4 heteroatoms. The van der Waals surface area contributed by atoms with Crippen LogP contribution in [0.15, 0.2) is 29.0 Å². The zero-order chi connectivity index (χ0) is 8.27. The molecule has 2 N–H and O–H groups in total. The molecule has 0 atom stereocenters. The number of rotatable bonds is 1. The zero-order valence-electron chi connectivity index (χ0n) is 5.69. The molecule has 0 radical (unpaired) electrons. The predicted molar refractivity (Wildman–Crippen MR) is 38.7 cm³/mol. The van der Waals surface area contributed by atoms with Crippen LogP contribution in [0.4, 0.5) is 0 Å². The van der Waals surface area contributed by atoms with Crippen LogP contribution in [-0.4, -0.2) is 22.0 Å². The Balaban J connectivity index is 2.75. The molecular formula is C7H7NO3. The Bertz CT molecular complexity index is 263. The van der Waals surface area contributed by atoms with Gasteiger partial charge in [0.2, 0.25) is 0 Å². The van der Waals surface area contributed by atoms with Crippen LogP contribution in [0.5, 0.6) is 0 Å². The summed E-state index contributed by atoms with van der Waals surface area (Å²) in [5.41, 5.74) is 0.701. The van der Waals surface area contributed by atoms with E-state index in [0.717, 1.165) is 0 Å². The number of carboxylic acid groups (broad SMARTS) is 1. The monoisotopic (exact) mass is 153 g/mol. The third-order valence-electron chi connectivity index (χ3n) is 1.36. The van der Waals surface area contributed by atoms with E-state index in [4.69, 9.17) is 10.3 Å². The average Bonchev–Trinajstić information content (AvgIpc) is 2.05. The summed E-state index contributed by atoms with van der Waals surface area (Å²) in [7, 11) is 0. The van der Waals surface area contributed by atoms with Crippen molar-refractivity contribution in [1.29, 1.82) is 0 Å². The van der Waals surface area contributed by atoms with Gasteiger partial charge in [-0.15, -0.1) is 0 Å². The molecule has 1 rings (SSSR count). The van der Waals surface area contributed by atoms with Gasteiger partial charge in [0.15, 0.2) is 0 Å². The summed E-state index contributed by atoms with van der Waals surface area (Å²) < 4.78 is 0. The molecule has 0 heterocycles. The maximum atomic E-state index is 10.3. The van der Waals surface area contributed by atoms with Crippen molar-refractivity contribution < 1.29 is 15.1 Å². The molecule has 0 bridgehead atoms. The standard InChI is InChI=1S/C7H7NO3/c9-7(10)5-1-3-6(8-11)4-2-5/h1-3,11H,4H2,(H,9,10). The van der Waals surface area contributed by atoms with Gasteiger partial charge in [0.05, 0.1) is 11.3 Å². The van der Waals surface area contributed by atoms with Crippen LogP contribution in [0.2, 0.25) is 0 Å². The Morgan fingerprint density at radius 3 is 2.64 bits per heavy atom. The van der Waals surface area contributed by atoms with Crippen molar-refractivity contribution in [3.05, 3.63) is 23.8 Å². The topological polar surface area (TPSA) is 69.9 Å². The van der Waals surface area contributed by atoms with E-state index in [1.54, 1.807) is 0 Å². The normalized spacial score (nSPS) is 20.0. The van der Waals surface area contributed by atoms with E-state index < -0.39 is 5.97 Å². The number of carboxylic acids is 1. The van der Waals surface area contributed by atoms with E-state index in [1.807, 2.05) is 0 Å². The van der Waals surface area contributed by atoms with Crippen molar-refractivity contribution in [3.8, 4) is 0 Å². The number of hydrogen-bond donors (Lipinski definition) is 2. The highest BCUT2D eigenvalue weighted by atomic mass is 16.4. The van der Waals surface area contributed by atoms with Crippen molar-refractivity contribution in [1.82, 2.24) is 0 Å². The van der Waals surface area contributed by atoms with E-state index in [-0.39, 0.29) is 5.57 Å². The van der Waals surface area contributed by atoms with E-state index in [2.05, 4.69) is 5.16 Å². The predicted octanol–water partition coefficient (Wildman–Crippen LogP) is 0.788. The molecule has 0 amide bonds. The van der Waals surface area contributed by atoms with Gasteiger partial charge in [-0.2, -0.15) is 0 Å². The van der Waals surface area contributed by atoms with Gasteiger partial charge in [-0.1, -0.05) is 11.2 Å². The van der Waals surface area contributed by atoms with Crippen LogP contribution in [0, 0.1) is 0 Å². The van der Waals surface area contributed by atoms with Crippen LogP contribution in [0.3, 0.4) is 0 Å². The van der Waals surface area contributed by atoms with E-state index in [0.29, 0.717) is 12.1 Å². The van der Waals surface area contributed by atoms with Gasteiger partial charge in [-0.25, -0.2) is 4.79 Å². The maximum absolute atomic E-state index is 10.3. The Morgan fingerprint density at radius 1 is 1.55 bits per heavy atom. The van der Waals surface area contributed by atoms with Crippen LogP contribution in [0.25, 0.3) is 0 Å². The zero-order valence-corrected chi connectivity index (χ0v) is 5.69. The lowest BCUT2D eigenvalue weighted by molar-refractivity contribution is -0.132. The number of nitrogens with zero attached hydrogens (tertiary/aromatic N) is 1. The first kappa shape index (κ1) is 7.53. The minimum absolute atomic E-state index is 0.234. The minimum Gasteiger partial charge on any atom is -0.478 e. The first-order chi connectivity index (χ1) is 5.24. The van der Waals surface area contributed by atoms with Crippen LogP contribution >= 0.6 is 0 Å². The van der Waals surface area contributed by atoms with Gasteiger partial charge < -0.3 is 10.3 Å².